The van der Waals surface area contributed by atoms with E-state index in [4.69, 9.17) is 0 Å². The number of anilines is 1. The van der Waals surface area contributed by atoms with Crippen LogP contribution in [0.15, 0.2) is 30.3 Å². The standard InChI is InChI=1S/C16H24N2O3/c1-12(2)9-10-16(3,21)11-17-14(19)15(20)18-13-7-5-4-6-8-13/h4-8,12,21H,9-11H2,1-3H3,(H,17,19)(H,18,20). The van der Waals surface area contributed by atoms with Gasteiger partial charge in [0.15, 0.2) is 0 Å². The Bertz CT molecular complexity index is 470. The first-order chi connectivity index (χ1) is 9.80. The Morgan fingerprint density at radius 3 is 2.38 bits per heavy atom. The third-order valence-corrected chi connectivity index (χ3v) is 3.13. The van der Waals surface area contributed by atoms with E-state index in [2.05, 4.69) is 24.5 Å². The summed E-state index contributed by atoms with van der Waals surface area (Å²) in [5.41, 5.74) is -0.448. The lowest BCUT2D eigenvalue weighted by molar-refractivity contribution is -0.136. The molecule has 0 saturated heterocycles. The summed E-state index contributed by atoms with van der Waals surface area (Å²) >= 11 is 0. The molecule has 21 heavy (non-hydrogen) atoms. The summed E-state index contributed by atoms with van der Waals surface area (Å²) in [5.74, 6) is -1.00. The van der Waals surface area contributed by atoms with E-state index in [1.54, 1.807) is 31.2 Å². The van der Waals surface area contributed by atoms with Crippen LogP contribution < -0.4 is 10.6 Å². The largest absolute Gasteiger partial charge is 0.388 e. The van der Waals surface area contributed by atoms with E-state index in [1.165, 1.54) is 0 Å². The highest BCUT2D eigenvalue weighted by Gasteiger charge is 2.23. The molecule has 116 valence electrons. The Kier molecular flexibility index (Phi) is 6.37. The maximum Gasteiger partial charge on any atom is 0.313 e. The Balaban J connectivity index is 2.40. The second kappa shape index (κ2) is 7.78. The Morgan fingerprint density at radius 2 is 1.81 bits per heavy atom. The molecule has 0 aliphatic carbocycles. The minimum atomic E-state index is -1.01. The van der Waals surface area contributed by atoms with E-state index in [0.717, 1.165) is 6.42 Å². The maximum atomic E-state index is 11.7. The molecule has 1 atom stereocenters. The first-order valence-electron chi connectivity index (χ1n) is 7.17. The predicted octanol–water partition coefficient (Wildman–Crippen LogP) is 1.93. The third-order valence-electron chi connectivity index (χ3n) is 3.13. The molecular weight excluding hydrogens is 268 g/mol. The number of aliphatic hydroxyl groups is 1. The smallest absolute Gasteiger partial charge is 0.313 e. The van der Waals surface area contributed by atoms with Crippen LogP contribution in [-0.2, 0) is 9.59 Å². The fourth-order valence-corrected chi connectivity index (χ4v) is 1.75. The Hall–Kier alpha value is -1.88. The second-order valence-corrected chi connectivity index (χ2v) is 5.93. The molecule has 1 aromatic carbocycles. The van der Waals surface area contributed by atoms with Gasteiger partial charge in [0.05, 0.1) is 5.60 Å². The van der Waals surface area contributed by atoms with Crippen LogP contribution in [-0.4, -0.2) is 29.1 Å². The van der Waals surface area contributed by atoms with E-state index >= 15 is 0 Å². The van der Waals surface area contributed by atoms with Crippen molar-refractivity contribution in [2.24, 2.45) is 5.92 Å². The summed E-state index contributed by atoms with van der Waals surface area (Å²) in [6.45, 7) is 5.86. The van der Waals surface area contributed by atoms with Crippen LogP contribution in [0.25, 0.3) is 0 Å². The quantitative estimate of drug-likeness (QED) is 0.701. The van der Waals surface area contributed by atoms with Crippen LogP contribution in [0.1, 0.15) is 33.6 Å². The molecule has 0 saturated carbocycles. The van der Waals surface area contributed by atoms with Crippen molar-refractivity contribution < 1.29 is 14.7 Å². The van der Waals surface area contributed by atoms with Crippen molar-refractivity contribution in [3.05, 3.63) is 30.3 Å². The number of para-hydroxylation sites is 1. The van der Waals surface area contributed by atoms with Crippen molar-refractivity contribution in [2.45, 2.75) is 39.2 Å². The summed E-state index contributed by atoms with van der Waals surface area (Å²) in [6.07, 6.45) is 1.43. The highest BCUT2D eigenvalue weighted by molar-refractivity contribution is 6.39. The first-order valence-corrected chi connectivity index (χ1v) is 7.17. The molecule has 0 aliphatic rings. The van der Waals surface area contributed by atoms with E-state index in [-0.39, 0.29) is 6.54 Å². The highest BCUT2D eigenvalue weighted by atomic mass is 16.3. The zero-order valence-electron chi connectivity index (χ0n) is 12.8. The minimum Gasteiger partial charge on any atom is -0.388 e. The number of hydrogen-bond acceptors (Lipinski definition) is 3. The minimum absolute atomic E-state index is 0.0563. The van der Waals surface area contributed by atoms with Gasteiger partial charge in [-0.3, -0.25) is 9.59 Å². The molecule has 3 N–H and O–H groups in total. The lowest BCUT2D eigenvalue weighted by Gasteiger charge is -2.24. The second-order valence-electron chi connectivity index (χ2n) is 5.93. The van der Waals surface area contributed by atoms with Crippen LogP contribution >= 0.6 is 0 Å². The van der Waals surface area contributed by atoms with Gasteiger partial charge in [-0.2, -0.15) is 0 Å². The van der Waals surface area contributed by atoms with Gasteiger partial charge in [0.2, 0.25) is 0 Å². The molecule has 0 heterocycles. The zero-order chi connectivity index (χ0) is 15.9. The molecule has 1 unspecified atom stereocenters. The summed E-state index contributed by atoms with van der Waals surface area (Å²) in [4.78, 5) is 23.4. The van der Waals surface area contributed by atoms with Crippen LogP contribution in [0, 0.1) is 5.92 Å². The molecule has 0 fully saturated rings. The van der Waals surface area contributed by atoms with Crippen LogP contribution in [0.5, 0.6) is 0 Å². The molecule has 0 bridgehead atoms. The van der Waals surface area contributed by atoms with E-state index < -0.39 is 17.4 Å². The molecule has 2 amide bonds. The van der Waals surface area contributed by atoms with Gasteiger partial charge in [-0.05, 0) is 37.8 Å². The molecule has 1 rings (SSSR count). The lowest BCUT2D eigenvalue weighted by Crippen LogP contribution is -2.44. The zero-order valence-corrected chi connectivity index (χ0v) is 12.8. The predicted molar refractivity (Wildman–Crippen MR) is 82.8 cm³/mol. The molecule has 0 spiro atoms. The average molecular weight is 292 g/mol. The van der Waals surface area contributed by atoms with Gasteiger partial charge in [0.1, 0.15) is 0 Å². The normalized spacial score (nSPS) is 13.6. The number of hydrogen-bond donors (Lipinski definition) is 3. The van der Waals surface area contributed by atoms with Gasteiger partial charge >= 0.3 is 11.8 Å². The summed E-state index contributed by atoms with van der Waals surface area (Å²) in [6, 6.07) is 8.75. The molecule has 5 nitrogen and oxygen atoms in total. The molecule has 0 aliphatic heterocycles. The number of carbonyl (C=O) groups excluding carboxylic acids is 2. The molecule has 1 aromatic rings. The lowest BCUT2D eigenvalue weighted by atomic mass is 9.95. The van der Waals surface area contributed by atoms with Crippen molar-refractivity contribution >= 4 is 17.5 Å². The summed E-state index contributed by atoms with van der Waals surface area (Å²) in [5, 5.41) is 15.1. The third kappa shape index (κ3) is 6.90. The maximum absolute atomic E-state index is 11.7. The van der Waals surface area contributed by atoms with Crippen LogP contribution in [0.3, 0.4) is 0 Å². The Morgan fingerprint density at radius 1 is 1.19 bits per heavy atom. The monoisotopic (exact) mass is 292 g/mol. The SMILES string of the molecule is CC(C)CCC(C)(O)CNC(=O)C(=O)Nc1ccccc1. The summed E-state index contributed by atoms with van der Waals surface area (Å²) in [7, 11) is 0. The topological polar surface area (TPSA) is 78.4 Å². The van der Waals surface area contributed by atoms with Crippen molar-refractivity contribution in [1.29, 1.82) is 0 Å². The summed E-state index contributed by atoms with van der Waals surface area (Å²) < 4.78 is 0. The van der Waals surface area contributed by atoms with Crippen molar-refractivity contribution in [3.8, 4) is 0 Å². The number of amides is 2. The van der Waals surface area contributed by atoms with Gasteiger partial charge in [-0.15, -0.1) is 0 Å². The molecule has 0 radical (unpaired) electrons. The molecular formula is C16H24N2O3. The van der Waals surface area contributed by atoms with Gasteiger partial charge in [-0.1, -0.05) is 32.0 Å². The van der Waals surface area contributed by atoms with Gasteiger partial charge in [0.25, 0.3) is 0 Å². The molecule has 5 heteroatoms. The van der Waals surface area contributed by atoms with Crippen molar-refractivity contribution in [3.63, 3.8) is 0 Å². The average Bonchev–Trinajstić information content (AvgIpc) is 2.44. The Labute approximate surface area is 125 Å². The van der Waals surface area contributed by atoms with Crippen molar-refractivity contribution in [1.82, 2.24) is 5.32 Å². The van der Waals surface area contributed by atoms with Gasteiger partial charge in [0, 0.05) is 12.2 Å². The highest BCUT2D eigenvalue weighted by Crippen LogP contribution is 2.15. The van der Waals surface area contributed by atoms with Crippen LogP contribution in [0.2, 0.25) is 0 Å². The van der Waals surface area contributed by atoms with E-state index in [1.807, 2.05) is 6.07 Å². The molecule has 0 aromatic heterocycles. The fourth-order valence-electron chi connectivity index (χ4n) is 1.75. The fraction of sp³-hybridized carbons (Fsp3) is 0.500. The number of nitrogens with one attached hydrogen (secondary N) is 2. The number of rotatable bonds is 6. The number of carbonyl (C=O) groups is 2. The van der Waals surface area contributed by atoms with Crippen LogP contribution in [0.4, 0.5) is 5.69 Å². The van der Waals surface area contributed by atoms with Crippen molar-refractivity contribution in [2.75, 3.05) is 11.9 Å². The van der Waals surface area contributed by atoms with Gasteiger partial charge < -0.3 is 15.7 Å². The van der Waals surface area contributed by atoms with Gasteiger partial charge in [-0.25, -0.2) is 0 Å². The van der Waals surface area contributed by atoms with E-state index in [0.29, 0.717) is 18.0 Å². The number of benzene rings is 1. The first kappa shape index (κ1) is 17.2. The van der Waals surface area contributed by atoms with E-state index in [9.17, 15) is 14.7 Å².